The number of rotatable bonds is 5. The average Bonchev–Trinajstić information content (AvgIpc) is 2.53. The van der Waals surface area contributed by atoms with Gasteiger partial charge in [-0.3, -0.25) is 4.79 Å². The zero-order valence-electron chi connectivity index (χ0n) is 13.7. The van der Waals surface area contributed by atoms with Gasteiger partial charge in [-0.1, -0.05) is 6.92 Å². The molecule has 8 heteroatoms. The maximum absolute atomic E-state index is 12.6. The number of pyridine rings is 1. The Hall–Kier alpha value is -1.12. The van der Waals surface area contributed by atoms with Gasteiger partial charge in [-0.05, 0) is 30.7 Å². The molecule has 1 saturated heterocycles. The standard InChI is InChI=1S/C15H23N3O3S2/c1-4-22-14-11-12(5-8-16-14)15(19)18-9-6-13(7-10-18)17(2)23(3,20)21/h5,8,11,13H,4,6-7,9-10H2,1-3H3. The highest BCUT2D eigenvalue weighted by Gasteiger charge is 2.29. The third-order valence-electron chi connectivity index (χ3n) is 4.06. The summed E-state index contributed by atoms with van der Waals surface area (Å²) >= 11 is 1.61. The van der Waals surface area contributed by atoms with E-state index >= 15 is 0 Å². The lowest BCUT2D eigenvalue weighted by molar-refractivity contribution is 0.0686. The zero-order valence-corrected chi connectivity index (χ0v) is 15.4. The first-order valence-corrected chi connectivity index (χ1v) is 10.5. The van der Waals surface area contributed by atoms with Crippen LogP contribution in [0.4, 0.5) is 0 Å². The van der Waals surface area contributed by atoms with E-state index < -0.39 is 10.0 Å². The number of hydrogen-bond acceptors (Lipinski definition) is 5. The van der Waals surface area contributed by atoms with Crippen molar-refractivity contribution >= 4 is 27.7 Å². The molecule has 2 heterocycles. The largest absolute Gasteiger partial charge is 0.339 e. The Labute approximate surface area is 142 Å². The molecule has 0 radical (unpaired) electrons. The van der Waals surface area contributed by atoms with Crippen LogP contribution in [0.2, 0.25) is 0 Å². The van der Waals surface area contributed by atoms with Crippen LogP contribution in [-0.4, -0.2) is 66.7 Å². The number of carbonyl (C=O) groups excluding carboxylic acids is 1. The van der Waals surface area contributed by atoms with Gasteiger partial charge in [0.1, 0.15) is 0 Å². The number of amides is 1. The second-order valence-electron chi connectivity index (χ2n) is 5.62. The zero-order chi connectivity index (χ0) is 17.0. The number of hydrogen-bond donors (Lipinski definition) is 0. The Morgan fingerprint density at radius 1 is 1.43 bits per heavy atom. The van der Waals surface area contributed by atoms with Gasteiger partial charge in [-0.15, -0.1) is 11.8 Å². The molecule has 0 unspecified atom stereocenters. The molecule has 0 saturated carbocycles. The summed E-state index contributed by atoms with van der Waals surface area (Å²) in [4.78, 5) is 18.6. The lowest BCUT2D eigenvalue weighted by atomic mass is 10.0. The van der Waals surface area contributed by atoms with Crippen molar-refractivity contribution in [3.8, 4) is 0 Å². The van der Waals surface area contributed by atoms with Gasteiger partial charge in [0, 0.05) is 37.9 Å². The van der Waals surface area contributed by atoms with Crippen LogP contribution in [0, 0.1) is 0 Å². The fraction of sp³-hybridized carbons (Fsp3) is 0.600. The van der Waals surface area contributed by atoms with Crippen LogP contribution >= 0.6 is 11.8 Å². The number of likely N-dealkylation sites (tertiary alicyclic amines) is 1. The molecule has 1 aromatic rings. The normalized spacial score (nSPS) is 16.8. The molecule has 0 bridgehead atoms. The molecule has 23 heavy (non-hydrogen) atoms. The summed E-state index contributed by atoms with van der Waals surface area (Å²) in [6.07, 6.45) is 4.21. The van der Waals surface area contributed by atoms with Crippen LogP contribution in [0.1, 0.15) is 30.1 Å². The van der Waals surface area contributed by atoms with Crippen LogP contribution in [0.5, 0.6) is 0 Å². The minimum absolute atomic E-state index is 0.00851. The van der Waals surface area contributed by atoms with Crippen LogP contribution in [0.25, 0.3) is 0 Å². The van der Waals surface area contributed by atoms with Gasteiger partial charge in [0.15, 0.2) is 0 Å². The summed E-state index contributed by atoms with van der Waals surface area (Å²) in [5.41, 5.74) is 0.644. The first kappa shape index (κ1) is 18.2. The highest BCUT2D eigenvalue weighted by molar-refractivity contribution is 7.99. The number of sulfonamides is 1. The number of piperidine rings is 1. The van der Waals surface area contributed by atoms with Crippen molar-refractivity contribution in [2.45, 2.75) is 30.8 Å². The maximum Gasteiger partial charge on any atom is 0.254 e. The van der Waals surface area contributed by atoms with E-state index in [4.69, 9.17) is 0 Å². The van der Waals surface area contributed by atoms with E-state index in [1.165, 1.54) is 10.6 Å². The van der Waals surface area contributed by atoms with E-state index in [0.717, 1.165) is 10.8 Å². The molecule has 1 aliphatic rings. The van der Waals surface area contributed by atoms with Crippen molar-refractivity contribution in [2.24, 2.45) is 0 Å². The molecule has 2 rings (SSSR count). The topological polar surface area (TPSA) is 70.6 Å². The molecule has 0 spiro atoms. The molecule has 1 aliphatic heterocycles. The second kappa shape index (κ2) is 7.63. The van der Waals surface area contributed by atoms with Gasteiger partial charge in [-0.2, -0.15) is 0 Å². The van der Waals surface area contributed by atoms with Crippen LogP contribution in [0.15, 0.2) is 23.4 Å². The molecule has 0 aromatic carbocycles. The molecule has 0 atom stereocenters. The quantitative estimate of drug-likeness (QED) is 0.750. The molecule has 0 aliphatic carbocycles. The summed E-state index contributed by atoms with van der Waals surface area (Å²) in [6, 6.07) is 3.53. The number of nitrogens with zero attached hydrogens (tertiary/aromatic N) is 3. The smallest absolute Gasteiger partial charge is 0.254 e. The Kier molecular flexibility index (Phi) is 6.05. The molecular formula is C15H23N3O3S2. The molecule has 1 amide bonds. The predicted octanol–water partition coefficient (Wildman–Crippen LogP) is 1.69. The molecule has 1 fully saturated rings. The maximum atomic E-state index is 12.6. The van der Waals surface area contributed by atoms with Crippen LogP contribution < -0.4 is 0 Å². The van der Waals surface area contributed by atoms with E-state index in [-0.39, 0.29) is 11.9 Å². The lowest BCUT2D eigenvalue weighted by Crippen LogP contribution is -2.47. The summed E-state index contributed by atoms with van der Waals surface area (Å²) in [5.74, 6) is 0.902. The number of carbonyl (C=O) groups is 1. The average molecular weight is 358 g/mol. The van der Waals surface area contributed by atoms with E-state index in [9.17, 15) is 13.2 Å². The van der Waals surface area contributed by atoms with Crippen molar-refractivity contribution in [2.75, 3.05) is 32.1 Å². The van der Waals surface area contributed by atoms with Gasteiger partial charge in [0.2, 0.25) is 10.0 Å². The highest BCUT2D eigenvalue weighted by Crippen LogP contribution is 2.21. The molecule has 6 nitrogen and oxygen atoms in total. The van der Waals surface area contributed by atoms with E-state index in [2.05, 4.69) is 4.98 Å². The van der Waals surface area contributed by atoms with Crippen molar-refractivity contribution in [3.63, 3.8) is 0 Å². The lowest BCUT2D eigenvalue weighted by Gasteiger charge is -2.35. The Balaban J connectivity index is 2.00. The van der Waals surface area contributed by atoms with Gasteiger partial charge < -0.3 is 4.90 Å². The van der Waals surface area contributed by atoms with Gasteiger partial charge in [0.05, 0.1) is 11.3 Å². The van der Waals surface area contributed by atoms with Crippen molar-refractivity contribution in [1.29, 1.82) is 0 Å². The SMILES string of the molecule is CCSc1cc(C(=O)N2CCC(N(C)S(C)(=O)=O)CC2)ccn1. The van der Waals surface area contributed by atoms with E-state index in [1.54, 1.807) is 36.0 Å². The van der Waals surface area contributed by atoms with Crippen molar-refractivity contribution < 1.29 is 13.2 Å². The Bertz CT molecular complexity index is 656. The molecule has 1 aromatic heterocycles. The summed E-state index contributed by atoms with van der Waals surface area (Å²) < 4.78 is 24.6. The number of thioether (sulfide) groups is 1. The molecule has 0 N–H and O–H groups in total. The number of aromatic nitrogens is 1. The van der Waals surface area contributed by atoms with Gasteiger partial charge in [-0.25, -0.2) is 17.7 Å². The molecule has 128 valence electrons. The first-order valence-electron chi connectivity index (χ1n) is 7.64. The van der Waals surface area contributed by atoms with Gasteiger partial charge in [0.25, 0.3) is 5.91 Å². The minimum Gasteiger partial charge on any atom is -0.339 e. The summed E-state index contributed by atoms with van der Waals surface area (Å²) in [6.45, 7) is 3.19. The summed E-state index contributed by atoms with van der Waals surface area (Å²) in [7, 11) is -1.58. The third kappa shape index (κ3) is 4.68. The van der Waals surface area contributed by atoms with Crippen molar-refractivity contribution in [3.05, 3.63) is 23.9 Å². The fourth-order valence-corrected chi connectivity index (χ4v) is 4.05. The van der Waals surface area contributed by atoms with Crippen LogP contribution in [0.3, 0.4) is 0 Å². The van der Waals surface area contributed by atoms with E-state index in [0.29, 0.717) is 31.5 Å². The predicted molar refractivity (Wildman–Crippen MR) is 92.2 cm³/mol. The van der Waals surface area contributed by atoms with Crippen molar-refractivity contribution in [1.82, 2.24) is 14.2 Å². The van der Waals surface area contributed by atoms with Crippen LogP contribution in [-0.2, 0) is 10.0 Å². The van der Waals surface area contributed by atoms with Gasteiger partial charge >= 0.3 is 0 Å². The highest BCUT2D eigenvalue weighted by atomic mass is 32.2. The van der Waals surface area contributed by atoms with E-state index in [1.807, 2.05) is 13.0 Å². The Morgan fingerprint density at radius 2 is 2.09 bits per heavy atom. The Morgan fingerprint density at radius 3 is 2.65 bits per heavy atom. The minimum atomic E-state index is -3.19. The third-order valence-corrected chi connectivity index (χ3v) is 6.22. The second-order valence-corrected chi connectivity index (χ2v) is 8.94. The fourth-order valence-electron chi connectivity index (χ4n) is 2.66. The summed E-state index contributed by atoms with van der Waals surface area (Å²) in [5, 5.41) is 0.852. The monoisotopic (exact) mass is 357 g/mol. The first-order chi connectivity index (χ1) is 10.8. The molecular weight excluding hydrogens is 334 g/mol.